The van der Waals surface area contributed by atoms with Crippen LogP contribution < -0.4 is 16.1 Å². The Kier molecular flexibility index (Phi) is 4.55. The second-order valence-corrected chi connectivity index (χ2v) is 7.62. The number of nitrogens with one attached hydrogen (secondary N) is 2. The number of hydrogen-bond acceptors (Lipinski definition) is 5. The molecular weight excluding hydrogens is 382 g/mol. The van der Waals surface area contributed by atoms with E-state index in [1.54, 1.807) is 6.07 Å². The van der Waals surface area contributed by atoms with Crippen molar-refractivity contribution in [3.8, 4) is 5.75 Å². The summed E-state index contributed by atoms with van der Waals surface area (Å²) < 4.78 is 1.27. The van der Waals surface area contributed by atoms with E-state index in [0.717, 1.165) is 42.8 Å². The molecule has 0 amide bonds. The molecule has 30 heavy (non-hydrogen) atoms. The van der Waals surface area contributed by atoms with Gasteiger partial charge in [-0.05, 0) is 18.2 Å². The van der Waals surface area contributed by atoms with Gasteiger partial charge < -0.3 is 20.0 Å². The van der Waals surface area contributed by atoms with Gasteiger partial charge in [-0.25, -0.2) is 4.79 Å². The van der Waals surface area contributed by atoms with Crippen LogP contribution in [0.15, 0.2) is 58.1 Å². The van der Waals surface area contributed by atoms with Crippen molar-refractivity contribution < 1.29 is 5.11 Å². The van der Waals surface area contributed by atoms with Crippen molar-refractivity contribution in [2.24, 2.45) is 0 Å². The Balaban J connectivity index is 1.31. The van der Waals surface area contributed by atoms with Crippen molar-refractivity contribution in [1.29, 1.82) is 0 Å². The third-order valence-corrected chi connectivity index (χ3v) is 5.88. The summed E-state index contributed by atoms with van der Waals surface area (Å²) in [5.74, 6) is 0.288. The van der Waals surface area contributed by atoms with Crippen LogP contribution in [-0.4, -0.2) is 57.3 Å². The molecule has 0 spiro atoms. The van der Waals surface area contributed by atoms with E-state index in [0.29, 0.717) is 24.1 Å². The van der Waals surface area contributed by atoms with Gasteiger partial charge >= 0.3 is 5.69 Å². The van der Waals surface area contributed by atoms with Gasteiger partial charge in [-0.3, -0.25) is 14.3 Å². The number of aromatic amines is 2. The SMILES string of the molecule is O=c1[nH]c2c([nH]c3ccccc32)c(=O)n1CCN1CCN(c2ccccc2O)CC1. The number of aromatic nitrogens is 3. The lowest BCUT2D eigenvalue weighted by Crippen LogP contribution is -2.48. The molecule has 1 aliphatic heterocycles. The Labute approximate surface area is 172 Å². The first-order chi connectivity index (χ1) is 14.6. The molecule has 0 unspecified atom stereocenters. The van der Waals surface area contributed by atoms with E-state index in [9.17, 15) is 14.7 Å². The lowest BCUT2D eigenvalue weighted by Gasteiger charge is -2.36. The van der Waals surface area contributed by atoms with Crippen molar-refractivity contribution in [3.05, 3.63) is 69.4 Å². The van der Waals surface area contributed by atoms with Crippen molar-refractivity contribution in [2.45, 2.75) is 6.54 Å². The maximum atomic E-state index is 12.9. The average Bonchev–Trinajstić information content (AvgIpc) is 3.13. The summed E-state index contributed by atoms with van der Waals surface area (Å²) in [6, 6.07) is 14.9. The summed E-state index contributed by atoms with van der Waals surface area (Å²) in [6.45, 7) is 4.11. The lowest BCUT2D eigenvalue weighted by molar-refractivity contribution is 0.245. The number of piperazine rings is 1. The molecule has 1 aliphatic rings. The second kappa shape index (κ2) is 7.38. The average molecular weight is 405 g/mol. The van der Waals surface area contributed by atoms with Crippen LogP contribution in [0, 0.1) is 0 Å². The van der Waals surface area contributed by atoms with E-state index in [-0.39, 0.29) is 17.0 Å². The van der Waals surface area contributed by atoms with Gasteiger partial charge in [-0.2, -0.15) is 0 Å². The quantitative estimate of drug-likeness (QED) is 0.480. The Hall–Kier alpha value is -3.52. The highest BCUT2D eigenvalue weighted by Gasteiger charge is 2.20. The van der Waals surface area contributed by atoms with Gasteiger partial charge in [0.1, 0.15) is 11.3 Å². The number of aromatic hydroxyl groups is 1. The van der Waals surface area contributed by atoms with Crippen LogP contribution in [0.2, 0.25) is 0 Å². The molecule has 4 aromatic rings. The van der Waals surface area contributed by atoms with Crippen molar-refractivity contribution >= 4 is 27.6 Å². The van der Waals surface area contributed by atoms with Gasteiger partial charge in [0.15, 0.2) is 0 Å². The highest BCUT2D eigenvalue weighted by atomic mass is 16.3. The van der Waals surface area contributed by atoms with Crippen LogP contribution in [0.25, 0.3) is 21.9 Å². The number of anilines is 1. The first-order valence-electron chi connectivity index (χ1n) is 10.1. The predicted octanol–water partition coefficient (Wildman–Crippen LogP) is 1.70. The molecule has 2 aromatic heterocycles. The number of para-hydroxylation sites is 3. The predicted molar refractivity (Wildman–Crippen MR) is 117 cm³/mol. The molecule has 0 saturated carbocycles. The molecule has 3 heterocycles. The zero-order chi connectivity index (χ0) is 20.7. The standard InChI is InChI=1S/C22H23N5O3/c28-18-8-4-3-7-17(18)26-12-9-25(10-13-26)11-14-27-21(29)20-19(24-22(27)30)15-5-1-2-6-16(15)23-20/h1-8,23,28H,9-14H2,(H,24,30). The van der Waals surface area contributed by atoms with Gasteiger partial charge in [0.25, 0.3) is 5.56 Å². The van der Waals surface area contributed by atoms with E-state index >= 15 is 0 Å². The monoisotopic (exact) mass is 405 g/mol. The van der Waals surface area contributed by atoms with E-state index in [4.69, 9.17) is 0 Å². The molecule has 0 atom stereocenters. The third-order valence-electron chi connectivity index (χ3n) is 5.88. The van der Waals surface area contributed by atoms with Gasteiger partial charge in [0.2, 0.25) is 0 Å². The molecule has 0 bridgehead atoms. The number of H-pyrrole nitrogens is 2. The van der Waals surface area contributed by atoms with E-state index in [1.165, 1.54) is 4.57 Å². The second-order valence-electron chi connectivity index (χ2n) is 7.62. The number of nitrogens with zero attached hydrogens (tertiary/aromatic N) is 3. The highest BCUT2D eigenvalue weighted by Crippen LogP contribution is 2.27. The molecule has 8 heteroatoms. The fourth-order valence-electron chi connectivity index (χ4n) is 4.22. The Morgan fingerprint density at radius 3 is 2.37 bits per heavy atom. The van der Waals surface area contributed by atoms with Crippen molar-refractivity contribution in [1.82, 2.24) is 19.4 Å². The van der Waals surface area contributed by atoms with Gasteiger partial charge in [0, 0.05) is 50.2 Å². The van der Waals surface area contributed by atoms with Gasteiger partial charge in [-0.1, -0.05) is 30.3 Å². The van der Waals surface area contributed by atoms with E-state index in [1.807, 2.05) is 42.5 Å². The van der Waals surface area contributed by atoms with Gasteiger partial charge in [-0.15, -0.1) is 0 Å². The van der Waals surface area contributed by atoms with Crippen LogP contribution in [0.5, 0.6) is 5.75 Å². The minimum Gasteiger partial charge on any atom is -0.506 e. The van der Waals surface area contributed by atoms with Crippen LogP contribution in [0.3, 0.4) is 0 Å². The zero-order valence-electron chi connectivity index (χ0n) is 16.5. The lowest BCUT2D eigenvalue weighted by atomic mass is 10.2. The molecule has 2 aromatic carbocycles. The molecule has 154 valence electrons. The minimum absolute atomic E-state index is 0.288. The minimum atomic E-state index is -0.384. The highest BCUT2D eigenvalue weighted by molar-refractivity contribution is 6.04. The van der Waals surface area contributed by atoms with Crippen molar-refractivity contribution in [2.75, 3.05) is 37.6 Å². The van der Waals surface area contributed by atoms with Crippen LogP contribution in [-0.2, 0) is 6.54 Å². The summed E-state index contributed by atoms with van der Waals surface area (Å²) >= 11 is 0. The number of benzene rings is 2. The Morgan fingerprint density at radius 2 is 1.57 bits per heavy atom. The molecule has 5 rings (SSSR count). The summed E-state index contributed by atoms with van der Waals surface area (Å²) in [7, 11) is 0. The number of phenolic OH excluding ortho intramolecular Hbond substituents is 1. The molecule has 1 fully saturated rings. The van der Waals surface area contributed by atoms with Gasteiger partial charge in [0.05, 0.1) is 11.2 Å². The summed E-state index contributed by atoms with van der Waals surface area (Å²) in [5.41, 5.74) is 1.99. The smallest absolute Gasteiger partial charge is 0.328 e. The number of hydrogen-bond donors (Lipinski definition) is 3. The number of rotatable bonds is 4. The molecule has 0 aliphatic carbocycles. The largest absolute Gasteiger partial charge is 0.506 e. The first-order valence-corrected chi connectivity index (χ1v) is 10.1. The zero-order valence-corrected chi connectivity index (χ0v) is 16.5. The third kappa shape index (κ3) is 3.15. The molecule has 0 radical (unpaired) electrons. The Bertz CT molecular complexity index is 1330. The fourth-order valence-corrected chi connectivity index (χ4v) is 4.22. The topological polar surface area (TPSA) is 97.4 Å². The van der Waals surface area contributed by atoms with Crippen LogP contribution in [0.1, 0.15) is 0 Å². The summed E-state index contributed by atoms with van der Waals surface area (Å²) in [5, 5.41) is 10.9. The Morgan fingerprint density at radius 1 is 0.833 bits per heavy atom. The maximum absolute atomic E-state index is 12.9. The normalized spacial score (nSPS) is 15.3. The van der Waals surface area contributed by atoms with E-state index < -0.39 is 0 Å². The molecule has 3 N–H and O–H groups in total. The van der Waals surface area contributed by atoms with Crippen LogP contribution >= 0.6 is 0 Å². The van der Waals surface area contributed by atoms with Crippen molar-refractivity contribution in [3.63, 3.8) is 0 Å². The number of fused-ring (bicyclic) bond motifs is 3. The van der Waals surface area contributed by atoms with Crippen LogP contribution in [0.4, 0.5) is 5.69 Å². The number of phenols is 1. The maximum Gasteiger partial charge on any atom is 0.328 e. The molecule has 1 saturated heterocycles. The van der Waals surface area contributed by atoms with E-state index in [2.05, 4.69) is 19.8 Å². The summed E-state index contributed by atoms with van der Waals surface area (Å²) in [6.07, 6.45) is 0. The fraction of sp³-hybridized carbons (Fsp3) is 0.273. The first kappa shape index (κ1) is 18.5. The summed E-state index contributed by atoms with van der Waals surface area (Å²) in [4.78, 5) is 35.9. The molecule has 8 nitrogen and oxygen atoms in total. The molecular formula is C22H23N5O3.